The van der Waals surface area contributed by atoms with Gasteiger partial charge in [-0.15, -0.1) is 0 Å². The van der Waals surface area contributed by atoms with Crippen molar-refractivity contribution in [2.24, 2.45) is 13.0 Å². The van der Waals surface area contributed by atoms with Gasteiger partial charge in [0.1, 0.15) is 5.76 Å². The number of aryl methyl sites for hydroxylation is 3. The van der Waals surface area contributed by atoms with Crippen LogP contribution in [0.1, 0.15) is 46.3 Å². The molecule has 0 aliphatic carbocycles. The van der Waals surface area contributed by atoms with E-state index in [9.17, 15) is 4.79 Å². The highest BCUT2D eigenvalue weighted by Crippen LogP contribution is 2.35. The SMILES string of the molecule is Cc1cc(C)c(C(=O)N(C)C[C@@H]2CCCN(C)[C@H]2c2cnn(C)c2)o1. The Morgan fingerprint density at radius 2 is 2.16 bits per heavy atom. The topological polar surface area (TPSA) is 54.5 Å². The normalized spacial score (nSPS) is 21.5. The molecule has 6 heteroatoms. The van der Waals surface area contributed by atoms with Crippen molar-refractivity contribution in [2.45, 2.75) is 32.7 Å². The van der Waals surface area contributed by atoms with Crippen LogP contribution < -0.4 is 0 Å². The number of hydrogen-bond acceptors (Lipinski definition) is 4. The van der Waals surface area contributed by atoms with Crippen LogP contribution in [0.15, 0.2) is 22.9 Å². The summed E-state index contributed by atoms with van der Waals surface area (Å²) in [4.78, 5) is 17.0. The maximum absolute atomic E-state index is 12.8. The molecular formula is C19H28N4O2. The molecule has 1 saturated heterocycles. The van der Waals surface area contributed by atoms with Crippen molar-refractivity contribution in [3.05, 3.63) is 41.1 Å². The van der Waals surface area contributed by atoms with Crippen LogP contribution in [-0.2, 0) is 7.05 Å². The van der Waals surface area contributed by atoms with Crippen LogP contribution in [0.2, 0.25) is 0 Å². The summed E-state index contributed by atoms with van der Waals surface area (Å²) in [5.41, 5.74) is 2.12. The molecule has 0 aromatic carbocycles. The molecule has 0 spiro atoms. The Bertz CT molecular complexity index is 748. The number of piperidine rings is 1. The van der Waals surface area contributed by atoms with Gasteiger partial charge in [-0.1, -0.05) is 0 Å². The zero-order valence-corrected chi connectivity index (χ0v) is 15.8. The van der Waals surface area contributed by atoms with Crippen molar-refractivity contribution >= 4 is 5.91 Å². The number of likely N-dealkylation sites (tertiary alicyclic amines) is 1. The van der Waals surface area contributed by atoms with Crippen LogP contribution in [0, 0.1) is 19.8 Å². The number of hydrogen-bond donors (Lipinski definition) is 0. The molecule has 1 aliphatic heterocycles. The van der Waals surface area contributed by atoms with Crippen LogP contribution in [0.5, 0.6) is 0 Å². The second-order valence-electron chi connectivity index (χ2n) is 7.33. The molecule has 0 N–H and O–H groups in total. The van der Waals surface area contributed by atoms with E-state index in [1.54, 1.807) is 4.90 Å². The fourth-order valence-corrected chi connectivity index (χ4v) is 4.03. The van der Waals surface area contributed by atoms with Crippen molar-refractivity contribution in [2.75, 3.05) is 27.2 Å². The Balaban J connectivity index is 1.77. The van der Waals surface area contributed by atoms with Gasteiger partial charge >= 0.3 is 0 Å². The summed E-state index contributed by atoms with van der Waals surface area (Å²) in [5.74, 6) is 1.58. The molecule has 1 aliphatic rings. The molecule has 0 unspecified atom stereocenters. The lowest BCUT2D eigenvalue weighted by atomic mass is 9.85. The fourth-order valence-electron chi connectivity index (χ4n) is 4.03. The summed E-state index contributed by atoms with van der Waals surface area (Å²) >= 11 is 0. The number of nitrogens with zero attached hydrogens (tertiary/aromatic N) is 4. The molecule has 2 atom stereocenters. The minimum Gasteiger partial charge on any atom is -0.456 e. The van der Waals surface area contributed by atoms with Gasteiger partial charge in [0.2, 0.25) is 0 Å². The first-order valence-electron chi connectivity index (χ1n) is 8.88. The third-order valence-corrected chi connectivity index (χ3v) is 5.16. The van der Waals surface area contributed by atoms with E-state index in [1.807, 2.05) is 44.9 Å². The zero-order valence-electron chi connectivity index (χ0n) is 15.8. The second kappa shape index (κ2) is 7.04. The quantitative estimate of drug-likeness (QED) is 0.856. The van der Waals surface area contributed by atoms with Crippen LogP contribution in [0.3, 0.4) is 0 Å². The Morgan fingerprint density at radius 3 is 2.76 bits per heavy atom. The van der Waals surface area contributed by atoms with Gasteiger partial charge in [-0.05, 0) is 52.3 Å². The Labute approximate surface area is 149 Å². The number of aromatic nitrogens is 2. The lowest BCUT2D eigenvalue weighted by Gasteiger charge is -2.40. The molecule has 3 rings (SSSR count). The van der Waals surface area contributed by atoms with E-state index in [0.717, 1.165) is 30.7 Å². The summed E-state index contributed by atoms with van der Waals surface area (Å²) in [7, 11) is 5.97. The summed E-state index contributed by atoms with van der Waals surface area (Å²) < 4.78 is 7.45. The van der Waals surface area contributed by atoms with Crippen LogP contribution in [0.25, 0.3) is 0 Å². The average molecular weight is 344 g/mol. The van der Waals surface area contributed by atoms with Gasteiger partial charge < -0.3 is 9.32 Å². The molecular weight excluding hydrogens is 316 g/mol. The molecule has 0 radical (unpaired) electrons. The Morgan fingerprint density at radius 1 is 1.40 bits per heavy atom. The van der Waals surface area contributed by atoms with Crippen molar-refractivity contribution in [1.29, 1.82) is 0 Å². The first-order valence-corrected chi connectivity index (χ1v) is 8.88. The third-order valence-electron chi connectivity index (χ3n) is 5.16. The standard InChI is InChI=1S/C19H28N4O2/c1-13-9-14(2)25-18(13)19(24)22(4)11-15-7-6-8-21(3)17(15)16-10-20-23(5)12-16/h9-10,12,15,17H,6-8,11H2,1-5H3/t15-,17+/m0/s1. The van der Waals surface area contributed by atoms with Gasteiger partial charge in [0.15, 0.2) is 5.76 Å². The summed E-state index contributed by atoms with van der Waals surface area (Å²) in [6.07, 6.45) is 6.29. The molecule has 136 valence electrons. The highest BCUT2D eigenvalue weighted by atomic mass is 16.4. The first-order chi connectivity index (χ1) is 11.9. The fraction of sp³-hybridized carbons (Fsp3) is 0.579. The van der Waals surface area contributed by atoms with Crippen LogP contribution in [-0.4, -0.2) is 52.7 Å². The second-order valence-corrected chi connectivity index (χ2v) is 7.33. The summed E-state index contributed by atoms with van der Waals surface area (Å²) in [5, 5.41) is 4.33. The first kappa shape index (κ1) is 17.7. The third kappa shape index (κ3) is 3.63. The molecule has 6 nitrogen and oxygen atoms in total. The predicted molar refractivity (Wildman–Crippen MR) is 96.4 cm³/mol. The molecule has 0 saturated carbocycles. The van der Waals surface area contributed by atoms with Crippen LogP contribution >= 0.6 is 0 Å². The van der Waals surface area contributed by atoms with E-state index in [4.69, 9.17) is 4.42 Å². The molecule has 1 fully saturated rings. The lowest BCUT2D eigenvalue weighted by Crippen LogP contribution is -2.42. The highest BCUT2D eigenvalue weighted by molar-refractivity contribution is 5.92. The number of amides is 1. The van der Waals surface area contributed by atoms with Gasteiger partial charge in [0, 0.05) is 44.0 Å². The number of carbonyl (C=O) groups is 1. The van der Waals surface area contributed by atoms with Crippen LogP contribution in [0.4, 0.5) is 0 Å². The van der Waals surface area contributed by atoms with E-state index in [1.165, 1.54) is 5.56 Å². The van der Waals surface area contributed by atoms with Gasteiger partial charge in [0.05, 0.1) is 6.20 Å². The Kier molecular flexibility index (Phi) is 4.99. The number of rotatable bonds is 4. The molecule has 3 heterocycles. The van der Waals surface area contributed by atoms with Gasteiger partial charge in [-0.3, -0.25) is 14.4 Å². The van der Waals surface area contributed by atoms with Crippen molar-refractivity contribution in [3.8, 4) is 0 Å². The van der Waals surface area contributed by atoms with Gasteiger partial charge in [0.25, 0.3) is 5.91 Å². The molecule has 0 bridgehead atoms. The average Bonchev–Trinajstić information content (AvgIpc) is 3.12. The van der Waals surface area contributed by atoms with E-state index < -0.39 is 0 Å². The van der Waals surface area contributed by atoms with E-state index in [-0.39, 0.29) is 11.9 Å². The molecule has 2 aromatic rings. The summed E-state index contributed by atoms with van der Waals surface area (Å²) in [6.45, 7) is 5.58. The monoisotopic (exact) mass is 344 g/mol. The Hall–Kier alpha value is -2.08. The van der Waals surface area contributed by atoms with Crippen molar-refractivity contribution in [3.63, 3.8) is 0 Å². The molecule has 25 heavy (non-hydrogen) atoms. The van der Waals surface area contributed by atoms with E-state index in [0.29, 0.717) is 18.2 Å². The molecule has 1 amide bonds. The van der Waals surface area contributed by atoms with Crippen molar-refractivity contribution in [1.82, 2.24) is 19.6 Å². The summed E-state index contributed by atoms with van der Waals surface area (Å²) in [6, 6.07) is 2.20. The largest absolute Gasteiger partial charge is 0.456 e. The molecule has 2 aromatic heterocycles. The van der Waals surface area contributed by atoms with E-state index >= 15 is 0 Å². The number of furan rings is 1. The van der Waals surface area contributed by atoms with Gasteiger partial charge in [-0.2, -0.15) is 5.10 Å². The highest BCUT2D eigenvalue weighted by Gasteiger charge is 2.33. The minimum atomic E-state index is -0.0382. The predicted octanol–water partition coefficient (Wildman–Crippen LogP) is 2.79. The van der Waals surface area contributed by atoms with E-state index in [2.05, 4.69) is 23.2 Å². The number of carbonyl (C=O) groups excluding carboxylic acids is 1. The zero-order chi connectivity index (χ0) is 18.1. The lowest BCUT2D eigenvalue weighted by molar-refractivity contribution is 0.0617. The maximum Gasteiger partial charge on any atom is 0.289 e. The van der Waals surface area contributed by atoms with Gasteiger partial charge in [-0.25, -0.2) is 0 Å². The van der Waals surface area contributed by atoms with Crippen molar-refractivity contribution < 1.29 is 9.21 Å². The minimum absolute atomic E-state index is 0.0382. The maximum atomic E-state index is 12.8. The smallest absolute Gasteiger partial charge is 0.289 e.